The van der Waals surface area contributed by atoms with Gasteiger partial charge in [0.05, 0.1) is 13.2 Å². The summed E-state index contributed by atoms with van der Waals surface area (Å²) in [6, 6.07) is 0. The van der Waals surface area contributed by atoms with Crippen LogP contribution in [0.3, 0.4) is 0 Å². The van der Waals surface area contributed by atoms with Crippen molar-refractivity contribution < 1.29 is 5.11 Å². The monoisotopic (exact) mass is 425 g/mol. The standard InChI is InChI=1S/C17H35N3O.HI/c1-8-17(9-2,13-21)11-19-14(18-10-3)20-12-15(4,5)16(20,6)7;/h21H,8-13H2,1-7H3,(H,18,19);1H. The lowest BCUT2D eigenvalue weighted by atomic mass is 9.65. The molecule has 1 rings (SSSR count). The molecule has 1 aliphatic rings. The molecule has 1 saturated heterocycles. The zero-order chi connectivity index (χ0) is 16.3. The number of aliphatic imine (C=N–C) groups is 1. The van der Waals surface area contributed by atoms with E-state index in [4.69, 9.17) is 4.99 Å². The van der Waals surface area contributed by atoms with Crippen molar-refractivity contribution in [1.29, 1.82) is 0 Å². The molecule has 0 spiro atoms. The molecule has 4 nitrogen and oxygen atoms in total. The molecule has 0 aliphatic carbocycles. The third kappa shape index (κ3) is 4.08. The molecule has 0 atom stereocenters. The summed E-state index contributed by atoms with van der Waals surface area (Å²) in [4.78, 5) is 7.22. The second-order valence-electron chi connectivity index (χ2n) is 7.56. The van der Waals surface area contributed by atoms with Crippen molar-refractivity contribution in [3.63, 3.8) is 0 Å². The molecule has 0 aromatic heterocycles. The molecule has 0 saturated carbocycles. The van der Waals surface area contributed by atoms with Gasteiger partial charge in [-0.1, -0.05) is 27.7 Å². The van der Waals surface area contributed by atoms with Crippen LogP contribution in [0.4, 0.5) is 0 Å². The molecule has 0 aromatic rings. The number of guanidine groups is 1. The first kappa shape index (κ1) is 22.0. The summed E-state index contributed by atoms with van der Waals surface area (Å²) in [6.07, 6.45) is 1.91. The maximum atomic E-state index is 9.71. The van der Waals surface area contributed by atoms with Crippen LogP contribution in [0.15, 0.2) is 4.99 Å². The normalized spacial score (nSPS) is 20.2. The number of rotatable bonds is 6. The highest BCUT2D eigenvalue weighted by molar-refractivity contribution is 14.0. The lowest BCUT2D eigenvalue weighted by Crippen LogP contribution is -2.72. The Morgan fingerprint density at radius 3 is 2.05 bits per heavy atom. The minimum absolute atomic E-state index is 0. The van der Waals surface area contributed by atoms with E-state index in [0.29, 0.717) is 12.0 Å². The van der Waals surface area contributed by atoms with Crippen LogP contribution in [-0.4, -0.2) is 47.7 Å². The van der Waals surface area contributed by atoms with Crippen LogP contribution in [-0.2, 0) is 0 Å². The van der Waals surface area contributed by atoms with Crippen molar-refractivity contribution in [2.75, 3.05) is 26.2 Å². The van der Waals surface area contributed by atoms with E-state index in [0.717, 1.165) is 31.9 Å². The molecule has 1 heterocycles. The maximum Gasteiger partial charge on any atom is 0.194 e. The summed E-state index contributed by atoms with van der Waals surface area (Å²) in [7, 11) is 0. The van der Waals surface area contributed by atoms with Gasteiger partial charge < -0.3 is 15.3 Å². The van der Waals surface area contributed by atoms with Crippen molar-refractivity contribution in [3.8, 4) is 0 Å². The fourth-order valence-corrected chi connectivity index (χ4v) is 2.78. The van der Waals surface area contributed by atoms with Crippen LogP contribution in [0.5, 0.6) is 0 Å². The van der Waals surface area contributed by atoms with Crippen LogP contribution in [0.2, 0.25) is 0 Å². The number of halogens is 1. The topological polar surface area (TPSA) is 47.9 Å². The number of aliphatic hydroxyl groups is 1. The third-order valence-corrected chi connectivity index (χ3v) is 5.87. The van der Waals surface area contributed by atoms with Gasteiger partial charge in [0.1, 0.15) is 0 Å². The van der Waals surface area contributed by atoms with Gasteiger partial charge in [-0.15, -0.1) is 24.0 Å². The van der Waals surface area contributed by atoms with E-state index in [-0.39, 0.29) is 41.5 Å². The van der Waals surface area contributed by atoms with Crippen LogP contribution in [0, 0.1) is 10.8 Å². The summed E-state index contributed by atoms with van der Waals surface area (Å²) >= 11 is 0. The summed E-state index contributed by atoms with van der Waals surface area (Å²) in [5.41, 5.74) is 0.326. The molecular formula is C17H36IN3O. The van der Waals surface area contributed by atoms with Gasteiger partial charge in [-0.2, -0.15) is 0 Å². The number of hydrogen-bond donors (Lipinski definition) is 2. The smallest absolute Gasteiger partial charge is 0.194 e. The van der Waals surface area contributed by atoms with Gasteiger partial charge in [0, 0.05) is 29.5 Å². The first-order chi connectivity index (χ1) is 9.69. The van der Waals surface area contributed by atoms with E-state index in [1.165, 1.54) is 0 Å². The molecule has 5 heteroatoms. The fourth-order valence-electron chi connectivity index (χ4n) is 2.78. The van der Waals surface area contributed by atoms with Crippen molar-refractivity contribution >= 4 is 29.9 Å². The number of nitrogens with one attached hydrogen (secondary N) is 1. The molecule has 0 unspecified atom stereocenters. The van der Waals surface area contributed by atoms with Gasteiger partial charge in [0.2, 0.25) is 0 Å². The Kier molecular flexibility index (Phi) is 8.16. The summed E-state index contributed by atoms with van der Waals surface area (Å²) in [6.45, 7) is 18.3. The maximum absolute atomic E-state index is 9.71. The molecule has 2 N–H and O–H groups in total. The van der Waals surface area contributed by atoms with E-state index in [1.54, 1.807) is 0 Å². The second kappa shape index (κ2) is 8.18. The van der Waals surface area contributed by atoms with Gasteiger partial charge >= 0.3 is 0 Å². The Morgan fingerprint density at radius 1 is 1.18 bits per heavy atom. The molecule has 22 heavy (non-hydrogen) atoms. The summed E-state index contributed by atoms with van der Waals surface area (Å²) in [5.74, 6) is 0.988. The fraction of sp³-hybridized carbons (Fsp3) is 0.941. The Morgan fingerprint density at radius 2 is 1.73 bits per heavy atom. The molecule has 1 fully saturated rings. The average molecular weight is 425 g/mol. The highest BCUT2D eigenvalue weighted by Crippen LogP contribution is 2.46. The quantitative estimate of drug-likeness (QED) is 0.389. The molecule has 0 amide bonds. The highest BCUT2D eigenvalue weighted by Gasteiger charge is 2.53. The Bertz CT molecular complexity index is 368. The first-order valence-corrected chi connectivity index (χ1v) is 8.36. The van der Waals surface area contributed by atoms with E-state index in [1.807, 2.05) is 0 Å². The van der Waals surface area contributed by atoms with Crippen LogP contribution >= 0.6 is 24.0 Å². The number of likely N-dealkylation sites (tertiary alicyclic amines) is 1. The molecule has 132 valence electrons. The van der Waals surface area contributed by atoms with Gasteiger partial charge in [0.25, 0.3) is 0 Å². The van der Waals surface area contributed by atoms with Crippen LogP contribution < -0.4 is 5.32 Å². The number of nitrogens with zero attached hydrogens (tertiary/aromatic N) is 2. The number of hydrogen-bond acceptors (Lipinski definition) is 2. The number of aliphatic hydroxyl groups excluding tert-OH is 1. The third-order valence-electron chi connectivity index (χ3n) is 5.87. The Labute approximate surface area is 154 Å². The molecule has 0 radical (unpaired) electrons. The van der Waals surface area contributed by atoms with Gasteiger partial charge in [-0.25, -0.2) is 0 Å². The zero-order valence-corrected chi connectivity index (χ0v) is 17.8. The Hall–Kier alpha value is -0.0400. The molecular weight excluding hydrogens is 389 g/mol. The lowest BCUT2D eigenvalue weighted by Gasteiger charge is -2.62. The molecule has 0 aromatic carbocycles. The van der Waals surface area contributed by atoms with Gasteiger partial charge in [-0.05, 0) is 33.6 Å². The first-order valence-electron chi connectivity index (χ1n) is 8.36. The average Bonchev–Trinajstić information content (AvgIpc) is 2.45. The highest BCUT2D eigenvalue weighted by atomic mass is 127. The predicted molar refractivity (Wildman–Crippen MR) is 106 cm³/mol. The Balaban J connectivity index is 0.00000441. The SMILES string of the molecule is CCNC(=NCC(CC)(CC)CO)N1CC(C)(C)C1(C)C.I. The lowest BCUT2D eigenvalue weighted by molar-refractivity contribution is -0.0669. The summed E-state index contributed by atoms with van der Waals surface area (Å²) in [5, 5.41) is 13.1. The van der Waals surface area contributed by atoms with E-state index >= 15 is 0 Å². The van der Waals surface area contributed by atoms with Crippen molar-refractivity contribution in [3.05, 3.63) is 0 Å². The van der Waals surface area contributed by atoms with Gasteiger partial charge in [0.15, 0.2) is 5.96 Å². The second-order valence-corrected chi connectivity index (χ2v) is 7.56. The van der Waals surface area contributed by atoms with Crippen molar-refractivity contribution in [2.24, 2.45) is 15.8 Å². The minimum atomic E-state index is -0.0782. The molecule has 0 bridgehead atoms. The largest absolute Gasteiger partial charge is 0.396 e. The van der Waals surface area contributed by atoms with E-state index in [2.05, 4.69) is 58.7 Å². The van der Waals surface area contributed by atoms with Crippen LogP contribution in [0.1, 0.15) is 61.3 Å². The van der Waals surface area contributed by atoms with E-state index in [9.17, 15) is 5.11 Å². The predicted octanol–water partition coefficient (Wildman–Crippen LogP) is 3.49. The molecule has 1 aliphatic heterocycles. The van der Waals surface area contributed by atoms with Crippen LogP contribution in [0.25, 0.3) is 0 Å². The van der Waals surface area contributed by atoms with Crippen molar-refractivity contribution in [1.82, 2.24) is 10.2 Å². The van der Waals surface area contributed by atoms with Gasteiger partial charge in [-0.3, -0.25) is 4.99 Å². The van der Waals surface area contributed by atoms with E-state index < -0.39 is 0 Å². The minimum Gasteiger partial charge on any atom is -0.396 e. The summed E-state index contributed by atoms with van der Waals surface area (Å²) < 4.78 is 0. The zero-order valence-electron chi connectivity index (χ0n) is 15.5. The van der Waals surface area contributed by atoms with Crippen molar-refractivity contribution in [2.45, 2.75) is 66.8 Å².